The van der Waals surface area contributed by atoms with E-state index in [-0.39, 0.29) is 5.91 Å². The number of carbonyl (C=O) groups excluding carboxylic acids is 1. The van der Waals surface area contributed by atoms with Crippen LogP contribution in [0.5, 0.6) is 11.5 Å². The van der Waals surface area contributed by atoms with Crippen molar-refractivity contribution in [1.82, 2.24) is 5.43 Å². The van der Waals surface area contributed by atoms with Crippen molar-refractivity contribution in [3.8, 4) is 11.5 Å². The standard InChI is InChI=1S/C16H16N2O3/c1-20-14-9-8-12(10-15(14)21-2)11-17-18-16(19)13-6-4-3-5-7-13/h3-11H,1-2H3,(H,18,19)/b17-11+. The molecular weight excluding hydrogens is 268 g/mol. The van der Waals surface area contributed by atoms with Gasteiger partial charge in [0.05, 0.1) is 20.4 Å². The topological polar surface area (TPSA) is 59.9 Å². The van der Waals surface area contributed by atoms with E-state index < -0.39 is 0 Å². The highest BCUT2D eigenvalue weighted by Crippen LogP contribution is 2.26. The smallest absolute Gasteiger partial charge is 0.271 e. The molecule has 108 valence electrons. The third-order valence-corrected chi connectivity index (χ3v) is 2.82. The predicted octanol–water partition coefficient (Wildman–Crippen LogP) is 2.47. The van der Waals surface area contributed by atoms with E-state index in [0.717, 1.165) is 5.56 Å². The number of hydrogen-bond acceptors (Lipinski definition) is 4. The Labute approximate surface area is 123 Å². The normalized spacial score (nSPS) is 10.4. The maximum Gasteiger partial charge on any atom is 0.271 e. The molecule has 0 aromatic heterocycles. The zero-order chi connectivity index (χ0) is 15.1. The number of hydrazone groups is 1. The van der Waals surface area contributed by atoms with E-state index in [4.69, 9.17) is 9.47 Å². The summed E-state index contributed by atoms with van der Waals surface area (Å²) in [5, 5.41) is 3.93. The first-order valence-electron chi connectivity index (χ1n) is 6.35. The maximum atomic E-state index is 11.8. The average molecular weight is 284 g/mol. The van der Waals surface area contributed by atoms with E-state index in [9.17, 15) is 4.79 Å². The van der Waals surface area contributed by atoms with Gasteiger partial charge < -0.3 is 9.47 Å². The van der Waals surface area contributed by atoms with Crippen LogP contribution in [0.2, 0.25) is 0 Å². The molecule has 2 rings (SSSR count). The van der Waals surface area contributed by atoms with Crippen LogP contribution < -0.4 is 14.9 Å². The lowest BCUT2D eigenvalue weighted by Crippen LogP contribution is -2.17. The molecule has 0 saturated heterocycles. The minimum atomic E-state index is -0.257. The molecule has 2 aromatic carbocycles. The Bertz CT molecular complexity index is 639. The van der Waals surface area contributed by atoms with Crippen LogP contribution in [0.3, 0.4) is 0 Å². The van der Waals surface area contributed by atoms with Crippen molar-refractivity contribution in [2.75, 3.05) is 14.2 Å². The summed E-state index contributed by atoms with van der Waals surface area (Å²) in [5.41, 5.74) is 3.82. The van der Waals surface area contributed by atoms with Crippen molar-refractivity contribution in [3.63, 3.8) is 0 Å². The summed E-state index contributed by atoms with van der Waals surface area (Å²) in [6, 6.07) is 14.3. The van der Waals surface area contributed by atoms with Gasteiger partial charge in [-0.05, 0) is 35.9 Å². The molecule has 1 N–H and O–H groups in total. The number of carbonyl (C=O) groups is 1. The Morgan fingerprint density at radius 2 is 1.76 bits per heavy atom. The quantitative estimate of drug-likeness (QED) is 0.677. The molecule has 0 heterocycles. The fourth-order valence-corrected chi connectivity index (χ4v) is 1.75. The first-order valence-corrected chi connectivity index (χ1v) is 6.35. The van der Waals surface area contributed by atoms with Gasteiger partial charge in [0.15, 0.2) is 11.5 Å². The second-order valence-electron chi connectivity index (χ2n) is 4.18. The number of ether oxygens (including phenoxy) is 2. The van der Waals surface area contributed by atoms with Crippen molar-refractivity contribution in [2.24, 2.45) is 5.10 Å². The molecule has 1 amide bonds. The summed E-state index contributed by atoms with van der Waals surface area (Å²) in [4.78, 5) is 11.8. The molecule has 0 aliphatic rings. The molecule has 2 aromatic rings. The third-order valence-electron chi connectivity index (χ3n) is 2.82. The van der Waals surface area contributed by atoms with E-state index >= 15 is 0 Å². The Morgan fingerprint density at radius 3 is 2.43 bits per heavy atom. The minimum Gasteiger partial charge on any atom is -0.493 e. The Hall–Kier alpha value is -2.82. The monoisotopic (exact) mass is 284 g/mol. The molecule has 5 nitrogen and oxygen atoms in total. The molecule has 0 saturated carbocycles. The van der Waals surface area contributed by atoms with Crippen LogP contribution in [0, 0.1) is 0 Å². The van der Waals surface area contributed by atoms with Crippen LogP contribution in [0.4, 0.5) is 0 Å². The maximum absolute atomic E-state index is 11.8. The number of methoxy groups -OCH3 is 2. The van der Waals surface area contributed by atoms with Crippen molar-refractivity contribution >= 4 is 12.1 Å². The summed E-state index contributed by atoms with van der Waals surface area (Å²) in [6.07, 6.45) is 1.54. The second-order valence-corrected chi connectivity index (χ2v) is 4.18. The molecule has 0 fully saturated rings. The van der Waals surface area contributed by atoms with Crippen LogP contribution in [-0.4, -0.2) is 26.3 Å². The molecule has 21 heavy (non-hydrogen) atoms. The molecule has 0 aliphatic carbocycles. The van der Waals surface area contributed by atoms with E-state index in [2.05, 4.69) is 10.5 Å². The van der Waals surface area contributed by atoms with E-state index in [0.29, 0.717) is 17.1 Å². The Balaban J connectivity index is 2.03. The van der Waals surface area contributed by atoms with Crippen LogP contribution in [0.25, 0.3) is 0 Å². The summed E-state index contributed by atoms with van der Waals surface area (Å²) < 4.78 is 10.4. The second kappa shape index (κ2) is 7.09. The number of rotatable bonds is 5. The van der Waals surface area contributed by atoms with Crippen molar-refractivity contribution in [2.45, 2.75) is 0 Å². The van der Waals surface area contributed by atoms with Gasteiger partial charge in [-0.2, -0.15) is 5.10 Å². The van der Waals surface area contributed by atoms with Crippen molar-refractivity contribution < 1.29 is 14.3 Å². The number of hydrogen-bond donors (Lipinski definition) is 1. The van der Waals surface area contributed by atoms with Crippen LogP contribution in [-0.2, 0) is 0 Å². The van der Waals surface area contributed by atoms with E-state index in [1.807, 2.05) is 12.1 Å². The number of benzene rings is 2. The summed E-state index contributed by atoms with van der Waals surface area (Å²) in [7, 11) is 3.14. The van der Waals surface area contributed by atoms with Crippen molar-refractivity contribution in [1.29, 1.82) is 0 Å². The van der Waals surface area contributed by atoms with Gasteiger partial charge in [0, 0.05) is 5.56 Å². The zero-order valence-electron chi connectivity index (χ0n) is 11.9. The van der Waals surface area contributed by atoms with Crippen LogP contribution >= 0.6 is 0 Å². The highest BCUT2D eigenvalue weighted by atomic mass is 16.5. The van der Waals surface area contributed by atoms with Gasteiger partial charge in [-0.3, -0.25) is 4.79 Å². The first kappa shape index (κ1) is 14.6. The fraction of sp³-hybridized carbons (Fsp3) is 0.125. The lowest BCUT2D eigenvalue weighted by atomic mass is 10.2. The molecular formula is C16H16N2O3. The molecule has 0 unspecified atom stereocenters. The lowest BCUT2D eigenvalue weighted by Gasteiger charge is -2.07. The summed E-state index contributed by atoms with van der Waals surface area (Å²) in [6.45, 7) is 0. The summed E-state index contributed by atoms with van der Waals surface area (Å²) >= 11 is 0. The zero-order valence-corrected chi connectivity index (χ0v) is 11.9. The van der Waals surface area contributed by atoms with Gasteiger partial charge in [-0.1, -0.05) is 18.2 Å². The predicted molar refractivity (Wildman–Crippen MR) is 81.0 cm³/mol. The largest absolute Gasteiger partial charge is 0.493 e. The molecule has 0 aliphatic heterocycles. The van der Waals surface area contributed by atoms with Gasteiger partial charge in [0.1, 0.15) is 0 Å². The molecule has 0 atom stereocenters. The average Bonchev–Trinajstić information content (AvgIpc) is 2.55. The SMILES string of the molecule is COc1ccc(/C=N/NC(=O)c2ccccc2)cc1OC. The Kier molecular flexibility index (Phi) is 4.93. The number of amides is 1. The molecule has 0 radical (unpaired) electrons. The van der Waals surface area contributed by atoms with Crippen molar-refractivity contribution in [3.05, 3.63) is 59.7 Å². The minimum absolute atomic E-state index is 0.257. The highest BCUT2D eigenvalue weighted by Gasteiger charge is 2.04. The van der Waals surface area contributed by atoms with E-state index in [1.54, 1.807) is 56.8 Å². The lowest BCUT2D eigenvalue weighted by molar-refractivity contribution is 0.0955. The molecule has 5 heteroatoms. The third kappa shape index (κ3) is 3.82. The van der Waals surface area contributed by atoms with Gasteiger partial charge >= 0.3 is 0 Å². The Morgan fingerprint density at radius 1 is 1.05 bits per heavy atom. The van der Waals surface area contributed by atoms with Gasteiger partial charge in [-0.15, -0.1) is 0 Å². The first-order chi connectivity index (χ1) is 10.2. The van der Waals surface area contributed by atoms with Gasteiger partial charge in [0.25, 0.3) is 5.91 Å². The summed E-state index contributed by atoms with van der Waals surface area (Å²) in [5.74, 6) is 0.992. The van der Waals surface area contributed by atoms with Gasteiger partial charge in [0.2, 0.25) is 0 Å². The highest BCUT2D eigenvalue weighted by molar-refractivity contribution is 5.94. The van der Waals surface area contributed by atoms with Crippen LogP contribution in [0.1, 0.15) is 15.9 Å². The number of nitrogens with one attached hydrogen (secondary N) is 1. The van der Waals surface area contributed by atoms with E-state index in [1.165, 1.54) is 0 Å². The number of nitrogens with zero attached hydrogens (tertiary/aromatic N) is 1. The molecule has 0 bridgehead atoms. The fourth-order valence-electron chi connectivity index (χ4n) is 1.75. The van der Waals surface area contributed by atoms with Crippen LogP contribution in [0.15, 0.2) is 53.6 Å². The van der Waals surface area contributed by atoms with Gasteiger partial charge in [-0.25, -0.2) is 5.43 Å². The molecule has 0 spiro atoms.